The molecule has 0 saturated heterocycles. The van der Waals surface area contributed by atoms with Gasteiger partial charge in [0.05, 0.1) is 25.4 Å². The number of carbonyl (C=O) groups is 2. The molecule has 0 bridgehead atoms. The first-order chi connectivity index (χ1) is 18.6. The van der Waals surface area contributed by atoms with Crippen LogP contribution in [0.5, 0.6) is 11.5 Å². The maximum atomic E-state index is 14.1. The number of para-hydroxylation sites is 1. The lowest BCUT2D eigenvalue weighted by molar-refractivity contribution is -0.132. The van der Waals surface area contributed by atoms with Gasteiger partial charge in [0.2, 0.25) is 0 Å². The van der Waals surface area contributed by atoms with Gasteiger partial charge in [-0.1, -0.05) is 37.6 Å². The fourth-order valence-electron chi connectivity index (χ4n) is 4.54. The summed E-state index contributed by atoms with van der Waals surface area (Å²) in [7, 11) is 3.09. The van der Waals surface area contributed by atoms with Crippen molar-refractivity contribution in [3.05, 3.63) is 68.6 Å². The summed E-state index contributed by atoms with van der Waals surface area (Å²) < 4.78 is 17.8. The van der Waals surface area contributed by atoms with E-state index in [1.54, 1.807) is 36.3 Å². The number of hydrogen-bond donors (Lipinski definition) is 2. The number of aliphatic hydroxyl groups is 1. The fraction of sp³-hybridized carbons (Fsp3) is 0.393. The first kappa shape index (κ1) is 28.8. The Bertz CT molecular complexity index is 1360. The number of aromatic carboxylic acids is 1. The highest BCUT2D eigenvalue weighted by Gasteiger charge is 2.39. The smallest absolute Gasteiger partial charge is 0.347 e. The number of carboxylic acids is 1. The molecule has 1 aromatic heterocycles. The molecule has 0 saturated carbocycles. The number of hydrogen-bond acceptors (Lipinski definition) is 8. The summed E-state index contributed by atoms with van der Waals surface area (Å²) >= 11 is 7.52. The molecule has 2 heterocycles. The van der Waals surface area contributed by atoms with Gasteiger partial charge in [-0.25, -0.2) is 9.78 Å². The second-order valence-corrected chi connectivity index (χ2v) is 11.6. The lowest BCUT2D eigenvalue weighted by Crippen LogP contribution is -2.45. The van der Waals surface area contributed by atoms with Crippen molar-refractivity contribution < 1.29 is 34.0 Å². The van der Waals surface area contributed by atoms with Crippen molar-refractivity contribution in [3.63, 3.8) is 0 Å². The van der Waals surface area contributed by atoms with Crippen LogP contribution >= 0.6 is 22.9 Å². The normalized spacial score (nSPS) is 17.5. The Labute approximate surface area is 235 Å². The van der Waals surface area contributed by atoms with E-state index in [0.717, 1.165) is 11.3 Å². The Kier molecular flexibility index (Phi) is 8.80. The van der Waals surface area contributed by atoms with Crippen LogP contribution in [-0.2, 0) is 16.0 Å². The number of aliphatic hydroxyl groups excluding tert-OH is 1. The molecule has 1 amide bonds. The van der Waals surface area contributed by atoms with Crippen molar-refractivity contribution in [2.45, 2.75) is 38.9 Å². The van der Waals surface area contributed by atoms with E-state index in [4.69, 9.17) is 25.8 Å². The van der Waals surface area contributed by atoms with Gasteiger partial charge in [-0.2, -0.15) is 0 Å². The summed E-state index contributed by atoms with van der Waals surface area (Å²) in [6.45, 7) is 3.86. The van der Waals surface area contributed by atoms with Crippen molar-refractivity contribution in [1.82, 2.24) is 4.98 Å². The molecule has 9 nitrogen and oxygen atoms in total. The molecular formula is C28H31ClN2O7S. The summed E-state index contributed by atoms with van der Waals surface area (Å²) in [5.41, 5.74) is 1.34. The molecule has 3 aromatic rings. The topological polar surface area (TPSA) is 118 Å². The number of halogens is 1. The Morgan fingerprint density at radius 3 is 2.62 bits per heavy atom. The minimum Gasteiger partial charge on any atom is -0.493 e. The molecule has 1 aliphatic heterocycles. The number of anilines is 1. The summed E-state index contributed by atoms with van der Waals surface area (Å²) in [4.78, 5) is 31.4. The summed E-state index contributed by atoms with van der Waals surface area (Å²) in [6.07, 6.45) is 0.251. The van der Waals surface area contributed by atoms with Crippen molar-refractivity contribution in [3.8, 4) is 11.5 Å². The van der Waals surface area contributed by atoms with E-state index in [1.807, 2.05) is 26.0 Å². The van der Waals surface area contributed by atoms with E-state index < -0.39 is 23.6 Å². The van der Waals surface area contributed by atoms with E-state index in [-0.39, 0.29) is 30.4 Å². The number of carbonyl (C=O) groups excluding carboxylic acids is 1. The van der Waals surface area contributed by atoms with Gasteiger partial charge < -0.3 is 29.3 Å². The van der Waals surface area contributed by atoms with E-state index in [9.17, 15) is 19.8 Å². The Hall–Kier alpha value is -3.18. The van der Waals surface area contributed by atoms with E-state index in [1.165, 1.54) is 13.3 Å². The van der Waals surface area contributed by atoms with Gasteiger partial charge in [-0.3, -0.25) is 4.79 Å². The van der Waals surface area contributed by atoms with Crippen LogP contribution in [0.25, 0.3) is 0 Å². The number of fused-ring (bicyclic) bond motifs is 1. The standard InChI is InChI=1S/C28H31ClN2O7S/c1-28(2,15-32)14-31-19-9-8-16(29)12-18(19)24(17-6-5-7-20(36-3)25(17)37-4)38-21(26(31)33)10-11-23-30-13-22(39-23)27(34)35/h5-9,12-13,21,24,32H,10-11,14-15H2,1-4H3,(H,34,35). The Morgan fingerprint density at radius 2 is 1.97 bits per heavy atom. The molecule has 0 aliphatic carbocycles. The van der Waals surface area contributed by atoms with Crippen molar-refractivity contribution in [1.29, 1.82) is 0 Å². The minimum atomic E-state index is -1.05. The van der Waals surface area contributed by atoms with Crippen LogP contribution in [-0.4, -0.2) is 60.5 Å². The van der Waals surface area contributed by atoms with Gasteiger partial charge in [-0.05, 0) is 30.7 Å². The van der Waals surface area contributed by atoms with Crippen LogP contribution in [0.3, 0.4) is 0 Å². The van der Waals surface area contributed by atoms with Gasteiger partial charge in [0.25, 0.3) is 5.91 Å². The second kappa shape index (κ2) is 11.9. The predicted octanol–water partition coefficient (Wildman–Crippen LogP) is 4.98. The number of aromatic nitrogens is 1. The van der Waals surface area contributed by atoms with Crippen LogP contribution in [0.4, 0.5) is 5.69 Å². The number of aryl methyl sites for hydroxylation is 1. The lowest BCUT2D eigenvalue weighted by atomic mass is 9.92. The molecule has 11 heteroatoms. The zero-order chi connectivity index (χ0) is 28.3. The van der Waals surface area contributed by atoms with Crippen LogP contribution < -0.4 is 14.4 Å². The summed E-state index contributed by atoms with van der Waals surface area (Å²) in [5, 5.41) is 20.3. The van der Waals surface area contributed by atoms with Crippen molar-refractivity contribution in [2.75, 3.05) is 32.3 Å². The second-order valence-electron chi connectivity index (χ2n) is 10.00. The first-order valence-corrected chi connectivity index (χ1v) is 13.5. The number of rotatable bonds is 10. The quantitative estimate of drug-likeness (QED) is 0.348. The molecule has 4 rings (SSSR count). The SMILES string of the molecule is COc1cccc(C2OC(CCc3ncc(C(=O)O)s3)C(=O)N(CC(C)(C)CO)c3ccc(Cl)cc32)c1OC. The van der Waals surface area contributed by atoms with Gasteiger partial charge in [0, 0.05) is 46.8 Å². The third-order valence-corrected chi connectivity index (χ3v) is 7.80. The third-order valence-electron chi connectivity index (χ3n) is 6.52. The average molecular weight is 575 g/mol. The highest BCUT2D eigenvalue weighted by molar-refractivity contribution is 7.13. The molecule has 2 atom stereocenters. The van der Waals surface area contributed by atoms with Crippen LogP contribution in [0.1, 0.15) is 52.2 Å². The lowest BCUT2D eigenvalue weighted by Gasteiger charge is -2.32. The number of nitrogens with zero attached hydrogens (tertiary/aromatic N) is 2. The average Bonchev–Trinajstić information content (AvgIpc) is 3.37. The minimum absolute atomic E-state index is 0.130. The van der Waals surface area contributed by atoms with Crippen molar-refractivity contribution in [2.24, 2.45) is 5.41 Å². The number of benzene rings is 2. The molecule has 0 fully saturated rings. The van der Waals surface area contributed by atoms with Gasteiger partial charge in [0.1, 0.15) is 17.1 Å². The maximum Gasteiger partial charge on any atom is 0.347 e. The molecule has 2 unspecified atom stereocenters. The number of ether oxygens (including phenoxy) is 3. The molecular weight excluding hydrogens is 544 g/mol. The molecule has 1 aliphatic rings. The fourth-order valence-corrected chi connectivity index (χ4v) is 5.49. The maximum absolute atomic E-state index is 14.1. The van der Waals surface area contributed by atoms with Gasteiger partial charge in [-0.15, -0.1) is 11.3 Å². The third kappa shape index (κ3) is 6.19. The highest BCUT2D eigenvalue weighted by Crippen LogP contribution is 2.45. The Morgan fingerprint density at radius 1 is 1.21 bits per heavy atom. The molecule has 208 valence electrons. The van der Waals surface area contributed by atoms with E-state index in [2.05, 4.69) is 4.98 Å². The summed E-state index contributed by atoms with van der Waals surface area (Å²) in [6, 6.07) is 10.7. The van der Waals surface area contributed by atoms with Gasteiger partial charge >= 0.3 is 5.97 Å². The van der Waals surface area contributed by atoms with Crippen LogP contribution in [0.2, 0.25) is 5.02 Å². The molecule has 0 spiro atoms. The zero-order valence-corrected chi connectivity index (χ0v) is 23.7. The number of thiazole rings is 1. The molecule has 0 radical (unpaired) electrons. The number of amides is 1. The monoisotopic (exact) mass is 574 g/mol. The highest BCUT2D eigenvalue weighted by atomic mass is 35.5. The number of carboxylic acid groups (broad SMARTS) is 1. The zero-order valence-electron chi connectivity index (χ0n) is 22.1. The molecule has 2 N–H and O–H groups in total. The van der Waals surface area contributed by atoms with Crippen LogP contribution in [0, 0.1) is 5.41 Å². The number of methoxy groups -OCH3 is 2. The van der Waals surface area contributed by atoms with Gasteiger partial charge in [0.15, 0.2) is 11.5 Å². The van der Waals surface area contributed by atoms with Crippen LogP contribution in [0.15, 0.2) is 42.6 Å². The predicted molar refractivity (Wildman–Crippen MR) is 148 cm³/mol. The largest absolute Gasteiger partial charge is 0.493 e. The van der Waals surface area contributed by atoms with E-state index in [0.29, 0.717) is 44.8 Å². The van der Waals surface area contributed by atoms with E-state index >= 15 is 0 Å². The summed E-state index contributed by atoms with van der Waals surface area (Å²) in [5.74, 6) is -0.344. The molecule has 39 heavy (non-hydrogen) atoms. The first-order valence-electron chi connectivity index (χ1n) is 12.3. The Balaban J connectivity index is 1.83. The molecule has 2 aromatic carbocycles. The van der Waals surface area contributed by atoms with Crippen molar-refractivity contribution >= 4 is 40.5 Å².